The fourth-order valence-corrected chi connectivity index (χ4v) is 7.04. The second kappa shape index (κ2) is 11.6. The SMILES string of the molecule is O=C(c1ccc(NS(=O)(=O)c2cccc3cccnc23)cc1)N1CCC(C(=S)SCc2cccnc2)CC1. The molecular formula is C28H26N4O3S3. The van der Waals surface area contributed by atoms with E-state index < -0.39 is 10.0 Å². The lowest BCUT2D eigenvalue weighted by atomic mass is 9.98. The van der Waals surface area contributed by atoms with E-state index >= 15 is 0 Å². The fraction of sp³-hybridized carbons (Fsp3) is 0.214. The number of rotatable bonds is 7. The Morgan fingerprint density at radius 3 is 2.47 bits per heavy atom. The van der Waals surface area contributed by atoms with Crippen molar-refractivity contribution in [1.29, 1.82) is 0 Å². The van der Waals surface area contributed by atoms with Crippen molar-refractivity contribution in [2.75, 3.05) is 17.8 Å². The minimum atomic E-state index is -3.86. The number of thioether (sulfide) groups is 1. The molecule has 2 aromatic heterocycles. The molecule has 194 valence electrons. The fourth-order valence-electron chi connectivity index (χ4n) is 4.44. The molecule has 10 heteroatoms. The third kappa shape index (κ3) is 6.03. The third-order valence-electron chi connectivity index (χ3n) is 6.49. The lowest BCUT2D eigenvalue weighted by molar-refractivity contribution is 0.0711. The number of carbonyl (C=O) groups excluding carboxylic acids is 1. The van der Waals surface area contributed by atoms with Gasteiger partial charge in [-0.15, -0.1) is 11.8 Å². The van der Waals surface area contributed by atoms with E-state index in [4.69, 9.17) is 12.2 Å². The molecule has 0 atom stereocenters. The molecule has 0 unspecified atom stereocenters. The summed E-state index contributed by atoms with van der Waals surface area (Å²) < 4.78 is 29.7. The predicted octanol–water partition coefficient (Wildman–Crippen LogP) is 5.54. The zero-order valence-corrected chi connectivity index (χ0v) is 22.9. The van der Waals surface area contributed by atoms with E-state index in [2.05, 4.69) is 14.7 Å². The molecule has 0 spiro atoms. The number of thiocarbonyl (C=S) groups is 1. The summed E-state index contributed by atoms with van der Waals surface area (Å²) in [5.74, 6) is 1.04. The van der Waals surface area contributed by atoms with Gasteiger partial charge in [0.25, 0.3) is 15.9 Å². The van der Waals surface area contributed by atoms with Crippen LogP contribution in [0, 0.1) is 5.92 Å². The Hall–Kier alpha value is -3.34. The monoisotopic (exact) mass is 562 g/mol. The standard InChI is InChI=1S/C28H26N4O3S3/c33-27(32-16-12-23(13-17-32)28(36)37-19-20-4-2-14-29-18-20)22-8-10-24(11-9-22)31-38(34,35)25-7-1-5-21-6-3-15-30-26(21)25/h1-11,14-15,18,23,31H,12-13,16-17,19H2. The number of amides is 1. The van der Waals surface area contributed by atoms with Crippen molar-refractivity contribution in [1.82, 2.24) is 14.9 Å². The normalized spacial score (nSPS) is 14.4. The molecule has 2 aromatic carbocycles. The van der Waals surface area contributed by atoms with Crippen LogP contribution in [0.3, 0.4) is 0 Å². The largest absolute Gasteiger partial charge is 0.339 e. The highest BCUT2D eigenvalue weighted by molar-refractivity contribution is 8.22. The van der Waals surface area contributed by atoms with Gasteiger partial charge in [-0.25, -0.2) is 8.42 Å². The van der Waals surface area contributed by atoms with Crippen molar-refractivity contribution in [3.05, 3.63) is 96.4 Å². The van der Waals surface area contributed by atoms with Gasteiger partial charge >= 0.3 is 0 Å². The molecule has 7 nitrogen and oxygen atoms in total. The first-order valence-electron chi connectivity index (χ1n) is 12.2. The van der Waals surface area contributed by atoms with Gasteiger partial charge in [0, 0.05) is 60.0 Å². The minimum Gasteiger partial charge on any atom is -0.339 e. The van der Waals surface area contributed by atoms with E-state index in [1.165, 1.54) is 6.07 Å². The molecule has 5 rings (SSSR count). The summed E-state index contributed by atoms with van der Waals surface area (Å²) in [6.07, 6.45) is 6.85. The molecule has 1 saturated heterocycles. The summed E-state index contributed by atoms with van der Waals surface area (Å²) in [6.45, 7) is 1.28. The van der Waals surface area contributed by atoms with Gasteiger partial charge in [-0.2, -0.15) is 0 Å². The van der Waals surface area contributed by atoms with Crippen LogP contribution in [0.4, 0.5) is 5.69 Å². The van der Waals surface area contributed by atoms with Crippen LogP contribution in [0.5, 0.6) is 0 Å². The van der Waals surface area contributed by atoms with E-state index in [1.807, 2.05) is 35.4 Å². The highest BCUT2D eigenvalue weighted by Crippen LogP contribution is 2.28. The summed E-state index contributed by atoms with van der Waals surface area (Å²) in [5, 5.41) is 0.743. The number of benzene rings is 2. The third-order valence-corrected chi connectivity index (χ3v) is 9.68. The molecule has 1 aliphatic rings. The Labute approximate surface area is 231 Å². The molecule has 0 aliphatic carbocycles. The number of para-hydroxylation sites is 1. The molecule has 3 heterocycles. The Morgan fingerprint density at radius 2 is 1.74 bits per heavy atom. The first-order chi connectivity index (χ1) is 18.4. The minimum absolute atomic E-state index is 0.0648. The van der Waals surface area contributed by atoms with E-state index in [0.717, 1.165) is 33.7 Å². The topological polar surface area (TPSA) is 92.3 Å². The lowest BCUT2D eigenvalue weighted by Crippen LogP contribution is -2.39. The summed E-state index contributed by atoms with van der Waals surface area (Å²) in [5.41, 5.74) is 2.45. The van der Waals surface area contributed by atoms with Gasteiger partial charge in [0.05, 0.1) is 9.71 Å². The quantitative estimate of drug-likeness (QED) is 0.296. The van der Waals surface area contributed by atoms with Gasteiger partial charge in [-0.05, 0) is 60.9 Å². The number of piperidine rings is 1. The number of nitrogens with one attached hydrogen (secondary N) is 1. The molecule has 1 amide bonds. The van der Waals surface area contributed by atoms with Gasteiger partial charge in [-0.3, -0.25) is 19.5 Å². The first kappa shape index (κ1) is 26.3. The van der Waals surface area contributed by atoms with E-state index in [0.29, 0.717) is 35.8 Å². The maximum absolute atomic E-state index is 13.1. The molecule has 38 heavy (non-hydrogen) atoms. The predicted molar refractivity (Wildman–Crippen MR) is 156 cm³/mol. The number of aromatic nitrogens is 2. The molecular weight excluding hydrogens is 537 g/mol. The van der Waals surface area contributed by atoms with Crippen molar-refractivity contribution >= 4 is 60.7 Å². The van der Waals surface area contributed by atoms with Gasteiger partial charge in [0.2, 0.25) is 0 Å². The number of fused-ring (bicyclic) bond motifs is 1. The number of hydrogen-bond donors (Lipinski definition) is 1. The Kier molecular flexibility index (Phi) is 8.01. The van der Waals surface area contributed by atoms with Gasteiger partial charge in [0.1, 0.15) is 4.90 Å². The van der Waals surface area contributed by atoms with Crippen molar-refractivity contribution in [2.24, 2.45) is 5.92 Å². The van der Waals surface area contributed by atoms with Crippen LogP contribution in [0.15, 0.2) is 90.2 Å². The van der Waals surface area contributed by atoms with Crippen LogP contribution < -0.4 is 4.72 Å². The molecule has 0 saturated carbocycles. The Morgan fingerprint density at radius 1 is 1.00 bits per heavy atom. The van der Waals surface area contributed by atoms with Gasteiger partial charge in [-0.1, -0.05) is 36.5 Å². The molecule has 1 fully saturated rings. The maximum Gasteiger partial charge on any atom is 0.264 e. The number of hydrogen-bond acceptors (Lipinski definition) is 7. The van der Waals surface area contributed by atoms with Gasteiger partial charge < -0.3 is 4.90 Å². The van der Waals surface area contributed by atoms with Crippen LogP contribution in [0.1, 0.15) is 28.8 Å². The molecule has 1 N–H and O–H groups in total. The average Bonchev–Trinajstić information content (AvgIpc) is 2.96. The second-order valence-corrected chi connectivity index (χ2v) is 12.4. The Balaban J connectivity index is 1.17. The number of nitrogens with zero attached hydrogens (tertiary/aromatic N) is 3. The smallest absolute Gasteiger partial charge is 0.264 e. The lowest BCUT2D eigenvalue weighted by Gasteiger charge is -2.32. The molecule has 0 bridgehead atoms. The number of carbonyl (C=O) groups is 1. The van der Waals surface area contributed by atoms with Crippen LogP contribution in [-0.4, -0.2) is 46.5 Å². The van der Waals surface area contributed by atoms with Crippen molar-refractivity contribution < 1.29 is 13.2 Å². The molecule has 0 radical (unpaired) electrons. The summed E-state index contributed by atoms with van der Waals surface area (Å²) in [7, 11) is -3.86. The van der Waals surface area contributed by atoms with Crippen molar-refractivity contribution in [3.63, 3.8) is 0 Å². The first-order valence-corrected chi connectivity index (χ1v) is 15.1. The highest BCUT2D eigenvalue weighted by atomic mass is 32.2. The van der Waals surface area contributed by atoms with E-state index in [1.54, 1.807) is 60.6 Å². The van der Waals surface area contributed by atoms with Crippen molar-refractivity contribution in [3.8, 4) is 0 Å². The Bertz CT molecular complexity index is 1550. The molecule has 4 aromatic rings. The highest BCUT2D eigenvalue weighted by Gasteiger charge is 2.26. The molecule has 1 aliphatic heterocycles. The summed E-state index contributed by atoms with van der Waals surface area (Å²) >= 11 is 7.34. The van der Waals surface area contributed by atoms with E-state index in [9.17, 15) is 13.2 Å². The number of anilines is 1. The second-order valence-electron chi connectivity index (χ2n) is 9.05. The zero-order valence-electron chi connectivity index (χ0n) is 20.5. The van der Waals surface area contributed by atoms with Gasteiger partial charge in [0.15, 0.2) is 0 Å². The van der Waals surface area contributed by atoms with Crippen molar-refractivity contribution in [2.45, 2.75) is 23.5 Å². The van der Waals surface area contributed by atoms with Crippen LogP contribution in [0.2, 0.25) is 0 Å². The van der Waals surface area contributed by atoms with E-state index in [-0.39, 0.29) is 10.8 Å². The number of pyridine rings is 2. The summed E-state index contributed by atoms with van der Waals surface area (Å²) in [4.78, 5) is 23.4. The summed E-state index contributed by atoms with van der Waals surface area (Å²) in [6, 6.07) is 19.1. The number of sulfonamides is 1. The van der Waals surface area contributed by atoms with Crippen LogP contribution in [-0.2, 0) is 15.8 Å². The zero-order chi connectivity index (χ0) is 26.5. The maximum atomic E-state index is 13.1. The average molecular weight is 563 g/mol. The van der Waals surface area contributed by atoms with Crippen LogP contribution >= 0.6 is 24.0 Å². The van der Waals surface area contributed by atoms with Crippen LogP contribution in [0.25, 0.3) is 10.9 Å². The number of likely N-dealkylation sites (tertiary alicyclic amines) is 1.